The SMILES string of the molecule is Cn1ncc2c1/C(=C\c1ccc(Cl)cc1)CC2. The molecule has 17 heavy (non-hydrogen) atoms. The number of fused-ring (bicyclic) bond motifs is 1. The minimum absolute atomic E-state index is 0.778. The molecule has 0 saturated carbocycles. The molecule has 3 heteroatoms. The van der Waals surface area contributed by atoms with Crippen LogP contribution in [0.3, 0.4) is 0 Å². The summed E-state index contributed by atoms with van der Waals surface area (Å²) in [5.74, 6) is 0. The molecule has 1 aromatic carbocycles. The Morgan fingerprint density at radius 1 is 1.24 bits per heavy atom. The van der Waals surface area contributed by atoms with Gasteiger partial charge >= 0.3 is 0 Å². The summed E-state index contributed by atoms with van der Waals surface area (Å²) in [6.45, 7) is 0. The first kappa shape index (κ1) is 10.6. The second-order valence-corrected chi connectivity index (χ2v) is 4.80. The molecule has 0 aliphatic heterocycles. The van der Waals surface area contributed by atoms with Crippen LogP contribution in [0, 0.1) is 0 Å². The lowest BCUT2D eigenvalue weighted by molar-refractivity contribution is 0.756. The molecule has 0 fully saturated rings. The fourth-order valence-electron chi connectivity index (χ4n) is 2.37. The van der Waals surface area contributed by atoms with Crippen LogP contribution in [0.5, 0.6) is 0 Å². The van der Waals surface area contributed by atoms with Crippen molar-refractivity contribution in [3.63, 3.8) is 0 Å². The van der Waals surface area contributed by atoms with Crippen LogP contribution in [0.1, 0.15) is 23.2 Å². The fourth-order valence-corrected chi connectivity index (χ4v) is 2.49. The highest BCUT2D eigenvalue weighted by molar-refractivity contribution is 6.30. The standard InChI is InChI=1S/C14H13ClN2/c1-17-14-11(4-5-12(14)9-16-17)8-10-2-6-13(15)7-3-10/h2-3,6-9H,4-5H2,1H3/b11-8-. The highest BCUT2D eigenvalue weighted by Gasteiger charge is 2.19. The molecule has 86 valence electrons. The monoisotopic (exact) mass is 244 g/mol. The van der Waals surface area contributed by atoms with Crippen LogP contribution in [-0.2, 0) is 13.5 Å². The van der Waals surface area contributed by atoms with Crippen LogP contribution in [0.25, 0.3) is 11.6 Å². The first-order chi connectivity index (χ1) is 8.24. The summed E-state index contributed by atoms with van der Waals surface area (Å²) in [6, 6.07) is 7.94. The zero-order valence-electron chi connectivity index (χ0n) is 9.65. The third-order valence-electron chi connectivity index (χ3n) is 3.19. The van der Waals surface area contributed by atoms with E-state index in [-0.39, 0.29) is 0 Å². The van der Waals surface area contributed by atoms with Crippen LogP contribution in [0.4, 0.5) is 0 Å². The van der Waals surface area contributed by atoms with Crippen molar-refractivity contribution < 1.29 is 0 Å². The van der Waals surface area contributed by atoms with Crippen molar-refractivity contribution in [2.45, 2.75) is 12.8 Å². The number of aromatic nitrogens is 2. The largest absolute Gasteiger partial charge is 0.268 e. The van der Waals surface area contributed by atoms with Crippen molar-refractivity contribution in [3.8, 4) is 0 Å². The minimum Gasteiger partial charge on any atom is -0.268 e. The van der Waals surface area contributed by atoms with Gasteiger partial charge in [-0.15, -0.1) is 0 Å². The average molecular weight is 245 g/mol. The number of aryl methyl sites for hydroxylation is 2. The quantitative estimate of drug-likeness (QED) is 0.750. The van der Waals surface area contributed by atoms with Gasteiger partial charge in [0.25, 0.3) is 0 Å². The van der Waals surface area contributed by atoms with Gasteiger partial charge in [0.15, 0.2) is 0 Å². The lowest BCUT2D eigenvalue weighted by Crippen LogP contribution is -1.95. The van der Waals surface area contributed by atoms with Crippen molar-refractivity contribution in [2.75, 3.05) is 0 Å². The van der Waals surface area contributed by atoms with E-state index in [0.29, 0.717) is 0 Å². The van der Waals surface area contributed by atoms with Crippen LogP contribution < -0.4 is 0 Å². The molecule has 1 aliphatic rings. The van der Waals surface area contributed by atoms with E-state index in [1.54, 1.807) is 0 Å². The van der Waals surface area contributed by atoms with E-state index in [2.05, 4.69) is 11.2 Å². The first-order valence-electron chi connectivity index (χ1n) is 5.71. The highest BCUT2D eigenvalue weighted by atomic mass is 35.5. The van der Waals surface area contributed by atoms with Gasteiger partial charge in [0.2, 0.25) is 0 Å². The summed E-state index contributed by atoms with van der Waals surface area (Å²) < 4.78 is 1.96. The van der Waals surface area contributed by atoms with E-state index < -0.39 is 0 Å². The average Bonchev–Trinajstić information content (AvgIpc) is 2.87. The van der Waals surface area contributed by atoms with Gasteiger partial charge in [0.1, 0.15) is 0 Å². The van der Waals surface area contributed by atoms with Crippen LogP contribution in [-0.4, -0.2) is 9.78 Å². The summed E-state index contributed by atoms with van der Waals surface area (Å²) in [7, 11) is 2.00. The Morgan fingerprint density at radius 3 is 2.76 bits per heavy atom. The fraction of sp³-hybridized carbons (Fsp3) is 0.214. The van der Waals surface area contributed by atoms with Crippen molar-refractivity contribution in [1.82, 2.24) is 9.78 Å². The Kier molecular flexibility index (Phi) is 2.52. The van der Waals surface area contributed by atoms with Crippen LogP contribution >= 0.6 is 11.6 Å². The number of allylic oxidation sites excluding steroid dienone is 1. The molecule has 1 aliphatic carbocycles. The maximum atomic E-state index is 5.88. The molecule has 1 heterocycles. The van der Waals surface area contributed by atoms with E-state index >= 15 is 0 Å². The van der Waals surface area contributed by atoms with Gasteiger partial charge in [-0.1, -0.05) is 23.7 Å². The number of rotatable bonds is 1. The molecule has 0 N–H and O–H groups in total. The minimum atomic E-state index is 0.778. The Balaban J connectivity index is 2.01. The Labute approximate surface area is 106 Å². The molecule has 0 amide bonds. The normalized spacial score (nSPS) is 16.5. The van der Waals surface area contributed by atoms with E-state index in [0.717, 1.165) is 17.9 Å². The first-order valence-corrected chi connectivity index (χ1v) is 6.09. The summed E-state index contributed by atoms with van der Waals surface area (Å²) >= 11 is 5.88. The molecule has 0 bridgehead atoms. The van der Waals surface area contributed by atoms with Gasteiger partial charge in [0, 0.05) is 12.1 Å². The molecule has 0 saturated heterocycles. The zero-order chi connectivity index (χ0) is 11.8. The van der Waals surface area contributed by atoms with Gasteiger partial charge in [-0.05, 0) is 47.8 Å². The van der Waals surface area contributed by atoms with Crippen molar-refractivity contribution >= 4 is 23.3 Å². The van der Waals surface area contributed by atoms with Gasteiger partial charge in [-0.25, -0.2) is 0 Å². The van der Waals surface area contributed by atoms with Gasteiger partial charge in [0.05, 0.1) is 11.9 Å². The van der Waals surface area contributed by atoms with Crippen molar-refractivity contribution in [1.29, 1.82) is 0 Å². The maximum Gasteiger partial charge on any atom is 0.0670 e. The predicted molar refractivity (Wildman–Crippen MR) is 70.9 cm³/mol. The molecular formula is C14H13ClN2. The number of benzene rings is 1. The third kappa shape index (κ3) is 1.89. The molecule has 0 unspecified atom stereocenters. The Hall–Kier alpha value is -1.54. The predicted octanol–water partition coefficient (Wildman–Crippen LogP) is 3.56. The summed E-state index contributed by atoms with van der Waals surface area (Å²) in [5, 5.41) is 5.08. The van der Waals surface area contributed by atoms with E-state index in [4.69, 9.17) is 11.6 Å². The van der Waals surface area contributed by atoms with Crippen LogP contribution in [0.15, 0.2) is 30.5 Å². The number of hydrogen-bond acceptors (Lipinski definition) is 1. The Morgan fingerprint density at radius 2 is 2.00 bits per heavy atom. The maximum absolute atomic E-state index is 5.88. The Bertz CT molecular complexity index is 579. The van der Waals surface area contributed by atoms with Crippen LogP contribution in [0.2, 0.25) is 5.02 Å². The molecular weight excluding hydrogens is 232 g/mol. The lowest BCUT2D eigenvalue weighted by Gasteiger charge is -2.02. The van der Waals surface area contributed by atoms with Crippen molar-refractivity contribution in [3.05, 3.63) is 52.3 Å². The lowest BCUT2D eigenvalue weighted by atomic mass is 10.1. The molecule has 3 rings (SSSR count). The molecule has 0 spiro atoms. The molecule has 2 nitrogen and oxygen atoms in total. The summed E-state index contributed by atoms with van der Waals surface area (Å²) in [5.41, 5.74) is 5.19. The number of halogens is 1. The third-order valence-corrected chi connectivity index (χ3v) is 3.45. The second kappa shape index (κ2) is 4.04. The molecule has 2 aromatic rings. The highest BCUT2D eigenvalue weighted by Crippen LogP contribution is 2.33. The number of hydrogen-bond donors (Lipinski definition) is 0. The summed E-state index contributed by atoms with van der Waals surface area (Å²) in [6.07, 6.45) is 6.40. The molecule has 0 radical (unpaired) electrons. The summed E-state index contributed by atoms with van der Waals surface area (Å²) in [4.78, 5) is 0. The van der Waals surface area contributed by atoms with E-state index in [1.807, 2.05) is 42.2 Å². The van der Waals surface area contributed by atoms with E-state index in [1.165, 1.54) is 22.4 Å². The van der Waals surface area contributed by atoms with Gasteiger partial charge in [-0.3, -0.25) is 4.68 Å². The second-order valence-electron chi connectivity index (χ2n) is 4.36. The van der Waals surface area contributed by atoms with Gasteiger partial charge < -0.3 is 0 Å². The number of nitrogens with zero attached hydrogens (tertiary/aromatic N) is 2. The van der Waals surface area contributed by atoms with Gasteiger partial charge in [-0.2, -0.15) is 5.10 Å². The van der Waals surface area contributed by atoms with E-state index in [9.17, 15) is 0 Å². The van der Waals surface area contributed by atoms with Crippen molar-refractivity contribution in [2.24, 2.45) is 7.05 Å². The topological polar surface area (TPSA) is 17.8 Å². The molecule has 1 aromatic heterocycles. The molecule has 0 atom stereocenters. The zero-order valence-corrected chi connectivity index (χ0v) is 10.4. The smallest absolute Gasteiger partial charge is 0.0670 e.